The molecule has 0 aromatic rings. The second-order valence-electron chi connectivity index (χ2n) is 6.46. The number of nitrogens with one attached hydrogen (secondary N) is 1. The number of amides is 1. The van der Waals surface area contributed by atoms with Crippen molar-refractivity contribution in [3.8, 4) is 0 Å². The molecule has 3 heteroatoms. The smallest absolute Gasteiger partial charge is 0.220 e. The molecule has 3 nitrogen and oxygen atoms in total. The Labute approximate surface area is 104 Å². The van der Waals surface area contributed by atoms with Gasteiger partial charge >= 0.3 is 0 Å². The predicted molar refractivity (Wildman–Crippen MR) is 68.6 cm³/mol. The first kappa shape index (κ1) is 14.2. The van der Waals surface area contributed by atoms with Crippen LogP contribution in [-0.2, 0) is 9.59 Å². The van der Waals surface area contributed by atoms with Gasteiger partial charge in [-0.15, -0.1) is 0 Å². The molecule has 17 heavy (non-hydrogen) atoms. The zero-order valence-electron chi connectivity index (χ0n) is 11.5. The molecule has 0 aromatic heterocycles. The molecule has 0 aromatic carbocycles. The van der Waals surface area contributed by atoms with Gasteiger partial charge in [-0.2, -0.15) is 0 Å². The minimum atomic E-state index is 0.0423. The first-order valence-corrected chi connectivity index (χ1v) is 6.58. The molecule has 0 unspecified atom stereocenters. The molecule has 1 saturated carbocycles. The first-order valence-electron chi connectivity index (χ1n) is 6.58. The highest BCUT2D eigenvalue weighted by Gasteiger charge is 2.25. The van der Waals surface area contributed by atoms with Crippen LogP contribution in [-0.4, -0.2) is 17.7 Å². The van der Waals surface area contributed by atoms with Crippen molar-refractivity contribution in [2.45, 2.75) is 65.8 Å². The summed E-state index contributed by atoms with van der Waals surface area (Å²) in [5, 5.41) is 3.08. The summed E-state index contributed by atoms with van der Waals surface area (Å²) in [7, 11) is 0. The quantitative estimate of drug-likeness (QED) is 0.823. The molecule has 0 saturated heterocycles. The zero-order valence-corrected chi connectivity index (χ0v) is 11.5. The summed E-state index contributed by atoms with van der Waals surface area (Å²) in [5.74, 6) is 0.666. The summed E-state index contributed by atoms with van der Waals surface area (Å²) in [6.07, 6.45) is 4.31. The molecular formula is C14H25NO2. The minimum absolute atomic E-state index is 0.0423. The van der Waals surface area contributed by atoms with Gasteiger partial charge in [-0.05, 0) is 38.0 Å². The Hall–Kier alpha value is -0.860. The van der Waals surface area contributed by atoms with E-state index in [1.165, 1.54) is 0 Å². The van der Waals surface area contributed by atoms with Crippen LogP contribution in [0.3, 0.4) is 0 Å². The van der Waals surface area contributed by atoms with Crippen LogP contribution in [0.2, 0.25) is 0 Å². The van der Waals surface area contributed by atoms with E-state index in [1.807, 2.05) is 0 Å². The predicted octanol–water partition coefficient (Wildman–Crippen LogP) is 2.69. The largest absolute Gasteiger partial charge is 0.353 e. The molecule has 1 aliphatic carbocycles. The van der Waals surface area contributed by atoms with E-state index in [2.05, 4.69) is 26.1 Å². The maximum Gasteiger partial charge on any atom is 0.220 e. The first-order chi connectivity index (χ1) is 7.78. The molecule has 98 valence electrons. The fourth-order valence-electron chi connectivity index (χ4n) is 2.40. The van der Waals surface area contributed by atoms with Crippen molar-refractivity contribution >= 4 is 11.7 Å². The summed E-state index contributed by atoms with van der Waals surface area (Å²) in [4.78, 5) is 23.0. The third-order valence-electron chi connectivity index (χ3n) is 3.36. The molecule has 0 aliphatic heterocycles. The Morgan fingerprint density at radius 2 is 1.65 bits per heavy atom. The molecule has 1 amide bonds. The van der Waals surface area contributed by atoms with E-state index in [0.29, 0.717) is 12.2 Å². The van der Waals surface area contributed by atoms with Crippen molar-refractivity contribution in [1.82, 2.24) is 5.32 Å². The lowest BCUT2D eigenvalue weighted by Gasteiger charge is -2.28. The van der Waals surface area contributed by atoms with Crippen LogP contribution in [0.15, 0.2) is 0 Å². The van der Waals surface area contributed by atoms with Gasteiger partial charge in [0.1, 0.15) is 5.78 Å². The van der Waals surface area contributed by atoms with Crippen LogP contribution in [0.5, 0.6) is 0 Å². The molecule has 1 fully saturated rings. The second kappa shape index (κ2) is 5.65. The van der Waals surface area contributed by atoms with Gasteiger partial charge in [-0.1, -0.05) is 20.8 Å². The Balaban J connectivity index is 2.31. The van der Waals surface area contributed by atoms with E-state index in [1.54, 1.807) is 6.92 Å². The van der Waals surface area contributed by atoms with Gasteiger partial charge in [0.2, 0.25) is 5.91 Å². The van der Waals surface area contributed by atoms with Crippen LogP contribution in [0.25, 0.3) is 0 Å². The van der Waals surface area contributed by atoms with E-state index in [-0.39, 0.29) is 23.3 Å². The van der Waals surface area contributed by atoms with Gasteiger partial charge in [0.05, 0.1) is 0 Å². The van der Waals surface area contributed by atoms with Crippen LogP contribution >= 0.6 is 0 Å². The van der Waals surface area contributed by atoms with Gasteiger partial charge in [-0.25, -0.2) is 0 Å². The normalized spacial score (nSPS) is 25.4. The fraction of sp³-hybridized carbons (Fsp3) is 0.857. The van der Waals surface area contributed by atoms with Crippen molar-refractivity contribution < 1.29 is 9.59 Å². The maximum atomic E-state index is 11.8. The van der Waals surface area contributed by atoms with Crippen LogP contribution < -0.4 is 5.32 Å². The summed E-state index contributed by atoms with van der Waals surface area (Å²) < 4.78 is 0. The van der Waals surface area contributed by atoms with Crippen LogP contribution in [0.4, 0.5) is 0 Å². The highest BCUT2D eigenvalue weighted by molar-refractivity contribution is 5.78. The SMILES string of the molecule is CC(=O)C1CCC(NC(=O)CC(C)(C)C)CC1. The lowest BCUT2D eigenvalue weighted by atomic mass is 9.83. The maximum absolute atomic E-state index is 11.8. The Kier molecular flexibility index (Phi) is 4.72. The molecule has 0 spiro atoms. The van der Waals surface area contributed by atoms with Gasteiger partial charge in [0, 0.05) is 18.4 Å². The molecule has 0 radical (unpaired) electrons. The third-order valence-corrected chi connectivity index (χ3v) is 3.36. The summed E-state index contributed by atoms with van der Waals surface area (Å²) >= 11 is 0. The number of hydrogen-bond donors (Lipinski definition) is 1. The monoisotopic (exact) mass is 239 g/mol. The van der Waals surface area contributed by atoms with Gasteiger partial charge in [0.25, 0.3) is 0 Å². The molecule has 0 atom stereocenters. The molecule has 0 heterocycles. The number of ketones is 1. The van der Waals surface area contributed by atoms with Crippen LogP contribution in [0.1, 0.15) is 59.8 Å². The van der Waals surface area contributed by atoms with Crippen molar-refractivity contribution in [2.75, 3.05) is 0 Å². The summed E-state index contributed by atoms with van der Waals surface area (Å²) in [6, 6.07) is 0.278. The average molecular weight is 239 g/mol. The third kappa shape index (κ3) is 5.33. The van der Waals surface area contributed by atoms with E-state index in [9.17, 15) is 9.59 Å². The van der Waals surface area contributed by atoms with E-state index < -0.39 is 0 Å². The minimum Gasteiger partial charge on any atom is -0.353 e. The molecule has 1 aliphatic rings. The molecule has 1 rings (SSSR count). The number of hydrogen-bond acceptors (Lipinski definition) is 2. The van der Waals surface area contributed by atoms with Gasteiger partial charge < -0.3 is 5.32 Å². The van der Waals surface area contributed by atoms with Gasteiger partial charge in [0.15, 0.2) is 0 Å². The highest BCUT2D eigenvalue weighted by atomic mass is 16.1. The average Bonchev–Trinajstić information content (AvgIpc) is 2.15. The number of Topliss-reactive ketones (excluding diaryl/α,β-unsaturated/α-hetero) is 1. The second-order valence-corrected chi connectivity index (χ2v) is 6.46. The van der Waals surface area contributed by atoms with E-state index >= 15 is 0 Å². The van der Waals surface area contributed by atoms with Crippen molar-refractivity contribution in [2.24, 2.45) is 11.3 Å². The lowest BCUT2D eigenvalue weighted by molar-refractivity contribution is -0.124. The van der Waals surface area contributed by atoms with E-state index in [4.69, 9.17) is 0 Å². The topological polar surface area (TPSA) is 46.2 Å². The highest BCUT2D eigenvalue weighted by Crippen LogP contribution is 2.25. The fourth-order valence-corrected chi connectivity index (χ4v) is 2.40. The standard InChI is InChI=1S/C14H25NO2/c1-10(16)11-5-7-12(8-6-11)15-13(17)9-14(2,3)4/h11-12H,5-9H2,1-4H3,(H,15,17). The zero-order chi connectivity index (χ0) is 13.1. The lowest BCUT2D eigenvalue weighted by Crippen LogP contribution is -2.39. The van der Waals surface area contributed by atoms with Crippen molar-refractivity contribution in [3.63, 3.8) is 0 Å². The Morgan fingerprint density at radius 1 is 1.12 bits per heavy atom. The molecule has 0 bridgehead atoms. The van der Waals surface area contributed by atoms with E-state index in [0.717, 1.165) is 25.7 Å². The number of rotatable bonds is 3. The summed E-state index contributed by atoms with van der Waals surface area (Å²) in [5.41, 5.74) is 0.0423. The van der Waals surface area contributed by atoms with Crippen LogP contribution in [0, 0.1) is 11.3 Å². The van der Waals surface area contributed by atoms with Crippen molar-refractivity contribution in [3.05, 3.63) is 0 Å². The van der Waals surface area contributed by atoms with Gasteiger partial charge in [-0.3, -0.25) is 9.59 Å². The number of carbonyl (C=O) groups is 2. The Morgan fingerprint density at radius 3 is 2.06 bits per heavy atom. The Bertz CT molecular complexity index is 283. The number of carbonyl (C=O) groups excluding carboxylic acids is 2. The molecular weight excluding hydrogens is 214 g/mol. The summed E-state index contributed by atoms with van der Waals surface area (Å²) in [6.45, 7) is 7.88. The molecule has 1 N–H and O–H groups in total. The van der Waals surface area contributed by atoms with Crippen molar-refractivity contribution in [1.29, 1.82) is 0 Å².